The molecule has 2 heterocycles. The first-order chi connectivity index (χ1) is 10.8. The minimum atomic E-state index is 0.469. The molecule has 0 amide bonds. The first kappa shape index (κ1) is 14.8. The molecule has 3 rings (SSSR count). The van der Waals surface area contributed by atoms with E-state index < -0.39 is 0 Å². The Kier molecular flexibility index (Phi) is 4.85. The number of nitrogens with two attached hydrogens (primary N) is 1. The summed E-state index contributed by atoms with van der Waals surface area (Å²) in [7, 11) is 0. The molecule has 0 spiro atoms. The van der Waals surface area contributed by atoms with Crippen molar-refractivity contribution < 1.29 is 0 Å². The molecule has 22 heavy (non-hydrogen) atoms. The number of rotatable bonds is 5. The van der Waals surface area contributed by atoms with Crippen LogP contribution in [0.15, 0.2) is 36.5 Å². The molecule has 5 nitrogen and oxygen atoms in total. The Morgan fingerprint density at radius 2 is 2.23 bits per heavy atom. The van der Waals surface area contributed by atoms with Gasteiger partial charge >= 0.3 is 0 Å². The molecule has 0 bridgehead atoms. The van der Waals surface area contributed by atoms with Crippen LogP contribution in [0.4, 0.5) is 17.5 Å². The van der Waals surface area contributed by atoms with Gasteiger partial charge in [-0.2, -0.15) is 4.98 Å². The van der Waals surface area contributed by atoms with Gasteiger partial charge in [-0.05, 0) is 56.0 Å². The summed E-state index contributed by atoms with van der Waals surface area (Å²) in [5.74, 6) is 1.00. The van der Waals surface area contributed by atoms with Crippen molar-refractivity contribution in [2.24, 2.45) is 0 Å². The van der Waals surface area contributed by atoms with E-state index in [9.17, 15) is 0 Å². The molecule has 5 heteroatoms. The van der Waals surface area contributed by atoms with Gasteiger partial charge in [-0.15, -0.1) is 0 Å². The molecule has 0 aliphatic carbocycles. The number of piperidine rings is 1. The predicted octanol–water partition coefficient (Wildman–Crippen LogP) is 2.88. The molecule has 1 aromatic carbocycles. The molecule has 1 aliphatic rings. The molecule has 4 N–H and O–H groups in total. The number of benzene rings is 1. The van der Waals surface area contributed by atoms with Crippen LogP contribution in [-0.2, 0) is 6.42 Å². The highest BCUT2D eigenvalue weighted by Gasteiger charge is 2.12. The quantitative estimate of drug-likeness (QED) is 0.791. The van der Waals surface area contributed by atoms with Crippen LogP contribution in [0.2, 0.25) is 0 Å². The molecular weight excluding hydrogens is 274 g/mol. The lowest BCUT2D eigenvalue weighted by molar-refractivity contribution is 0.383. The van der Waals surface area contributed by atoms with E-state index in [2.05, 4.69) is 38.8 Å². The molecule has 0 radical (unpaired) electrons. The first-order valence-electron chi connectivity index (χ1n) is 7.97. The van der Waals surface area contributed by atoms with Gasteiger partial charge < -0.3 is 16.4 Å². The second-order valence-corrected chi connectivity index (χ2v) is 5.82. The number of nitrogen functional groups attached to an aromatic ring is 1. The van der Waals surface area contributed by atoms with Gasteiger partial charge in [0, 0.05) is 17.9 Å². The summed E-state index contributed by atoms with van der Waals surface area (Å²) >= 11 is 0. The van der Waals surface area contributed by atoms with Crippen LogP contribution < -0.4 is 16.4 Å². The lowest BCUT2D eigenvalue weighted by atomic mass is 9.98. The second-order valence-electron chi connectivity index (χ2n) is 5.82. The van der Waals surface area contributed by atoms with Gasteiger partial charge in [0.1, 0.15) is 5.82 Å². The fourth-order valence-corrected chi connectivity index (χ4v) is 2.88. The molecule has 1 unspecified atom stereocenters. The topological polar surface area (TPSA) is 75.9 Å². The smallest absolute Gasteiger partial charge is 0.229 e. The van der Waals surface area contributed by atoms with E-state index in [4.69, 9.17) is 5.73 Å². The number of nitrogens with zero attached hydrogens (tertiary/aromatic N) is 2. The Morgan fingerprint density at radius 3 is 3.05 bits per heavy atom. The molecule has 1 atom stereocenters. The van der Waals surface area contributed by atoms with Crippen molar-refractivity contribution in [3.63, 3.8) is 0 Å². The highest BCUT2D eigenvalue weighted by atomic mass is 15.1. The van der Waals surface area contributed by atoms with Gasteiger partial charge in [-0.25, -0.2) is 4.98 Å². The van der Waals surface area contributed by atoms with E-state index in [0.717, 1.165) is 12.1 Å². The lowest BCUT2D eigenvalue weighted by Gasteiger charge is -2.23. The zero-order valence-electron chi connectivity index (χ0n) is 12.8. The van der Waals surface area contributed by atoms with Crippen LogP contribution >= 0.6 is 0 Å². The predicted molar refractivity (Wildman–Crippen MR) is 90.1 cm³/mol. The molecular formula is C17H23N5. The number of hydrogen-bond donors (Lipinski definition) is 3. The van der Waals surface area contributed by atoms with E-state index in [0.29, 0.717) is 17.8 Å². The van der Waals surface area contributed by atoms with E-state index in [1.807, 2.05) is 6.07 Å². The van der Waals surface area contributed by atoms with Crippen LogP contribution in [-0.4, -0.2) is 22.6 Å². The molecule has 2 aromatic rings. The second kappa shape index (κ2) is 7.22. The van der Waals surface area contributed by atoms with Crippen LogP contribution in [0.3, 0.4) is 0 Å². The molecule has 1 aromatic heterocycles. The lowest BCUT2D eigenvalue weighted by Crippen LogP contribution is -2.34. The summed E-state index contributed by atoms with van der Waals surface area (Å²) in [5.41, 5.74) is 8.01. The normalized spacial score (nSPS) is 18.1. The molecule has 1 saturated heterocycles. The van der Waals surface area contributed by atoms with Gasteiger partial charge in [0.05, 0.1) is 0 Å². The van der Waals surface area contributed by atoms with E-state index in [1.165, 1.54) is 37.8 Å². The van der Waals surface area contributed by atoms with Gasteiger partial charge in [-0.3, -0.25) is 0 Å². The number of nitrogens with one attached hydrogen (secondary N) is 2. The zero-order chi connectivity index (χ0) is 15.2. The van der Waals surface area contributed by atoms with Gasteiger partial charge in [0.2, 0.25) is 5.95 Å². The van der Waals surface area contributed by atoms with Crippen LogP contribution in [0.5, 0.6) is 0 Å². The number of aryl methyl sites for hydroxylation is 1. The Hall–Kier alpha value is -2.14. The number of aromatic nitrogens is 2. The minimum Gasteiger partial charge on any atom is -0.384 e. The third-order valence-electron chi connectivity index (χ3n) is 4.05. The third kappa shape index (κ3) is 4.18. The summed E-state index contributed by atoms with van der Waals surface area (Å²) < 4.78 is 0. The van der Waals surface area contributed by atoms with Crippen molar-refractivity contribution in [3.05, 3.63) is 42.1 Å². The summed E-state index contributed by atoms with van der Waals surface area (Å²) in [6.45, 7) is 1.17. The monoisotopic (exact) mass is 297 g/mol. The van der Waals surface area contributed by atoms with Crippen molar-refractivity contribution in [3.8, 4) is 0 Å². The van der Waals surface area contributed by atoms with E-state index in [1.54, 1.807) is 12.3 Å². The van der Waals surface area contributed by atoms with Crippen molar-refractivity contribution >= 4 is 17.5 Å². The summed E-state index contributed by atoms with van der Waals surface area (Å²) in [5, 5.41) is 6.81. The third-order valence-corrected chi connectivity index (χ3v) is 4.05. The molecule has 0 saturated carbocycles. The molecule has 1 aliphatic heterocycles. The highest BCUT2D eigenvalue weighted by molar-refractivity contribution is 5.55. The van der Waals surface area contributed by atoms with Gasteiger partial charge in [0.25, 0.3) is 0 Å². The molecule has 116 valence electrons. The fraction of sp³-hybridized carbons (Fsp3) is 0.412. The minimum absolute atomic E-state index is 0.469. The number of hydrogen-bond acceptors (Lipinski definition) is 5. The molecule has 1 fully saturated rings. The maximum absolute atomic E-state index is 5.67. The van der Waals surface area contributed by atoms with Crippen molar-refractivity contribution in [2.45, 2.75) is 38.1 Å². The van der Waals surface area contributed by atoms with Crippen molar-refractivity contribution in [1.29, 1.82) is 0 Å². The van der Waals surface area contributed by atoms with Crippen LogP contribution in [0.25, 0.3) is 0 Å². The van der Waals surface area contributed by atoms with Crippen LogP contribution in [0, 0.1) is 0 Å². The summed E-state index contributed by atoms with van der Waals surface area (Å²) in [6.07, 6.45) is 7.91. The highest BCUT2D eigenvalue weighted by Crippen LogP contribution is 2.18. The Bertz CT molecular complexity index is 608. The van der Waals surface area contributed by atoms with Gasteiger partial charge in [-0.1, -0.05) is 18.6 Å². The maximum Gasteiger partial charge on any atom is 0.229 e. The summed E-state index contributed by atoms with van der Waals surface area (Å²) in [4.78, 5) is 8.33. The van der Waals surface area contributed by atoms with Crippen molar-refractivity contribution in [1.82, 2.24) is 15.3 Å². The summed E-state index contributed by atoms with van der Waals surface area (Å²) in [6, 6.07) is 10.8. The zero-order valence-corrected chi connectivity index (χ0v) is 12.8. The average molecular weight is 297 g/mol. The van der Waals surface area contributed by atoms with E-state index >= 15 is 0 Å². The SMILES string of the molecule is Nc1ccnc(Nc2cccc(CCC3CCCCN3)c2)n1. The Labute approximate surface area is 131 Å². The van der Waals surface area contributed by atoms with E-state index in [-0.39, 0.29) is 0 Å². The maximum atomic E-state index is 5.67. The van der Waals surface area contributed by atoms with Gasteiger partial charge in [0.15, 0.2) is 0 Å². The first-order valence-corrected chi connectivity index (χ1v) is 7.97. The standard InChI is InChI=1S/C17H23N5/c18-16-9-11-20-17(22-16)21-15-6-3-4-13(12-15)7-8-14-5-1-2-10-19-14/h3-4,6,9,11-12,14,19H,1-2,5,7-8,10H2,(H3,18,20,21,22). The number of anilines is 3. The van der Waals surface area contributed by atoms with Crippen LogP contribution in [0.1, 0.15) is 31.2 Å². The fourth-order valence-electron chi connectivity index (χ4n) is 2.88. The largest absolute Gasteiger partial charge is 0.384 e. The average Bonchev–Trinajstić information content (AvgIpc) is 2.54. The Morgan fingerprint density at radius 1 is 1.27 bits per heavy atom. The Balaban J connectivity index is 1.59. The van der Waals surface area contributed by atoms with Crippen molar-refractivity contribution in [2.75, 3.05) is 17.6 Å².